The topological polar surface area (TPSA) is 86.3 Å². The fourth-order valence-electron chi connectivity index (χ4n) is 3.11. The second-order valence-corrected chi connectivity index (χ2v) is 7.46. The smallest absolute Gasteiger partial charge is 0.482 e. The van der Waals surface area contributed by atoms with Crippen LogP contribution in [0.15, 0.2) is 42.5 Å². The maximum Gasteiger partial charge on any atom is 0.511 e. The average molecular weight is 472 g/mol. The van der Waals surface area contributed by atoms with E-state index < -0.39 is 18.5 Å². The predicted octanol–water partition coefficient (Wildman–Crippen LogP) is 4.29. The van der Waals surface area contributed by atoms with Crippen molar-refractivity contribution in [2.75, 3.05) is 19.8 Å². The van der Waals surface area contributed by atoms with Crippen molar-refractivity contribution in [3.8, 4) is 11.5 Å². The van der Waals surface area contributed by atoms with Crippen LogP contribution in [0.2, 0.25) is 5.02 Å². The lowest BCUT2D eigenvalue weighted by Crippen LogP contribution is -2.34. The molecule has 0 bridgehead atoms. The molecule has 0 aromatic heterocycles. The number of ether oxygens (including phenoxy) is 4. The molecule has 7 nitrogen and oxygen atoms in total. The Balaban J connectivity index is 0.00000341. The lowest BCUT2D eigenvalue weighted by atomic mass is 10.1. The van der Waals surface area contributed by atoms with E-state index in [-0.39, 0.29) is 31.7 Å². The van der Waals surface area contributed by atoms with Crippen LogP contribution in [0.3, 0.4) is 0 Å². The van der Waals surface area contributed by atoms with Gasteiger partial charge in [0.25, 0.3) is 6.29 Å². The van der Waals surface area contributed by atoms with Gasteiger partial charge in [-0.1, -0.05) is 29.8 Å². The normalized spacial score (nSPS) is 16.6. The van der Waals surface area contributed by atoms with Gasteiger partial charge in [-0.05, 0) is 55.7 Å². The van der Waals surface area contributed by atoms with E-state index in [4.69, 9.17) is 30.5 Å². The van der Waals surface area contributed by atoms with Crippen LogP contribution in [0.4, 0.5) is 4.79 Å². The van der Waals surface area contributed by atoms with E-state index in [2.05, 4.69) is 5.32 Å². The van der Waals surface area contributed by atoms with Gasteiger partial charge in [-0.15, -0.1) is 12.4 Å². The molecule has 1 heterocycles. The maximum absolute atomic E-state index is 11.4. The van der Waals surface area contributed by atoms with Gasteiger partial charge in [0.2, 0.25) is 0 Å². The molecule has 0 aliphatic carbocycles. The van der Waals surface area contributed by atoms with E-state index >= 15 is 0 Å². The number of benzene rings is 2. The SMILES string of the molecule is CCOC(=O)O[C@@H]1COc2cc(C[C@@H](C)NCC(O)c3cccc(Cl)c3)ccc2O1.Cl. The van der Waals surface area contributed by atoms with Gasteiger partial charge in [0, 0.05) is 17.6 Å². The van der Waals surface area contributed by atoms with E-state index in [1.165, 1.54) is 0 Å². The third kappa shape index (κ3) is 7.47. The largest absolute Gasteiger partial charge is 0.511 e. The van der Waals surface area contributed by atoms with Crippen molar-refractivity contribution in [3.05, 3.63) is 58.6 Å². The second kappa shape index (κ2) is 12.0. The molecule has 0 saturated carbocycles. The number of carbonyl (C=O) groups is 1. The number of nitrogens with one attached hydrogen (secondary N) is 1. The molecule has 170 valence electrons. The highest BCUT2D eigenvalue weighted by molar-refractivity contribution is 6.30. The number of hydrogen-bond acceptors (Lipinski definition) is 7. The first kappa shape index (κ1) is 25.1. The Kier molecular flexibility index (Phi) is 9.71. The lowest BCUT2D eigenvalue weighted by Gasteiger charge is -2.26. The molecule has 1 aliphatic rings. The monoisotopic (exact) mass is 471 g/mol. The minimum absolute atomic E-state index is 0. The van der Waals surface area contributed by atoms with Crippen LogP contribution >= 0.6 is 24.0 Å². The minimum atomic E-state index is -0.837. The van der Waals surface area contributed by atoms with Crippen molar-refractivity contribution >= 4 is 30.2 Å². The van der Waals surface area contributed by atoms with Crippen molar-refractivity contribution in [2.45, 2.75) is 38.7 Å². The Hall–Kier alpha value is -2.19. The molecule has 0 fully saturated rings. The van der Waals surface area contributed by atoms with Gasteiger partial charge < -0.3 is 29.4 Å². The molecule has 1 unspecified atom stereocenters. The lowest BCUT2D eigenvalue weighted by molar-refractivity contribution is -0.0962. The first-order valence-corrected chi connectivity index (χ1v) is 10.2. The second-order valence-electron chi connectivity index (χ2n) is 7.02. The van der Waals surface area contributed by atoms with Crippen molar-refractivity contribution in [1.82, 2.24) is 5.32 Å². The fraction of sp³-hybridized carbons (Fsp3) is 0.409. The zero-order valence-corrected chi connectivity index (χ0v) is 18.9. The Labute approximate surface area is 193 Å². The van der Waals surface area contributed by atoms with E-state index in [0.29, 0.717) is 23.1 Å². The van der Waals surface area contributed by atoms with Gasteiger partial charge >= 0.3 is 6.16 Å². The van der Waals surface area contributed by atoms with E-state index in [1.807, 2.05) is 31.2 Å². The van der Waals surface area contributed by atoms with Crippen molar-refractivity contribution in [3.63, 3.8) is 0 Å². The predicted molar refractivity (Wildman–Crippen MR) is 119 cm³/mol. The maximum atomic E-state index is 11.4. The van der Waals surface area contributed by atoms with Gasteiger partial charge in [0.15, 0.2) is 18.1 Å². The number of halogens is 2. The number of hydrogen-bond donors (Lipinski definition) is 2. The molecule has 2 aromatic rings. The highest BCUT2D eigenvalue weighted by Gasteiger charge is 2.25. The molecule has 9 heteroatoms. The number of rotatable bonds is 8. The number of carbonyl (C=O) groups excluding carboxylic acids is 1. The van der Waals surface area contributed by atoms with E-state index in [1.54, 1.807) is 25.1 Å². The third-order valence-corrected chi connectivity index (χ3v) is 4.80. The van der Waals surface area contributed by atoms with Gasteiger partial charge in [0.05, 0.1) is 12.7 Å². The zero-order chi connectivity index (χ0) is 21.5. The summed E-state index contributed by atoms with van der Waals surface area (Å²) in [6, 6.07) is 13.0. The Morgan fingerprint density at radius 3 is 2.84 bits per heavy atom. The van der Waals surface area contributed by atoms with Crippen LogP contribution < -0.4 is 14.8 Å². The molecule has 3 atom stereocenters. The summed E-state index contributed by atoms with van der Waals surface area (Å²) in [5, 5.41) is 14.3. The number of aliphatic hydroxyl groups excluding tert-OH is 1. The Bertz CT molecular complexity index is 866. The number of aliphatic hydroxyl groups is 1. The molecular weight excluding hydrogens is 445 g/mol. The van der Waals surface area contributed by atoms with Crippen LogP contribution in [0.5, 0.6) is 11.5 Å². The van der Waals surface area contributed by atoms with Crippen LogP contribution in [0.1, 0.15) is 31.1 Å². The molecule has 0 amide bonds. The molecule has 31 heavy (non-hydrogen) atoms. The molecule has 3 rings (SSSR count). The summed E-state index contributed by atoms with van der Waals surface area (Å²) in [5.41, 5.74) is 1.83. The average Bonchev–Trinajstić information content (AvgIpc) is 2.72. The van der Waals surface area contributed by atoms with Crippen molar-refractivity contribution in [1.29, 1.82) is 0 Å². The van der Waals surface area contributed by atoms with E-state index in [9.17, 15) is 9.90 Å². The third-order valence-electron chi connectivity index (χ3n) is 4.57. The molecular formula is C22H27Cl2NO6. The summed E-state index contributed by atoms with van der Waals surface area (Å²) >= 11 is 5.98. The standard InChI is InChI=1S/C22H26ClNO6.ClH/c1-3-27-22(26)30-21-13-28-20-10-15(7-8-19(20)29-21)9-14(2)24-12-18(25)16-5-4-6-17(23)11-16;/h4-8,10-11,14,18,21,24-25H,3,9,12-13H2,1-2H3;1H/t14-,18?,21-;/m1./s1. The summed E-state index contributed by atoms with van der Waals surface area (Å²) in [6.45, 7) is 4.48. The highest BCUT2D eigenvalue weighted by Crippen LogP contribution is 2.33. The minimum Gasteiger partial charge on any atom is -0.482 e. The summed E-state index contributed by atoms with van der Waals surface area (Å²) in [5.74, 6) is 1.11. The van der Waals surface area contributed by atoms with Gasteiger partial charge in [-0.2, -0.15) is 0 Å². The van der Waals surface area contributed by atoms with E-state index in [0.717, 1.165) is 17.5 Å². The first-order valence-electron chi connectivity index (χ1n) is 9.87. The van der Waals surface area contributed by atoms with Gasteiger partial charge in [0.1, 0.15) is 0 Å². The van der Waals surface area contributed by atoms with Crippen molar-refractivity contribution < 1.29 is 28.8 Å². The molecule has 0 spiro atoms. The summed E-state index contributed by atoms with van der Waals surface area (Å²) < 4.78 is 21.1. The van der Waals surface area contributed by atoms with Crippen LogP contribution in [-0.2, 0) is 15.9 Å². The Morgan fingerprint density at radius 2 is 2.10 bits per heavy atom. The molecule has 2 N–H and O–H groups in total. The quantitative estimate of drug-likeness (QED) is 0.555. The van der Waals surface area contributed by atoms with Crippen LogP contribution in [0, 0.1) is 0 Å². The summed E-state index contributed by atoms with van der Waals surface area (Å²) in [6.07, 6.45) is -1.52. The van der Waals surface area contributed by atoms with Crippen LogP contribution in [-0.4, -0.2) is 43.4 Å². The fourth-order valence-corrected chi connectivity index (χ4v) is 3.31. The van der Waals surface area contributed by atoms with Crippen LogP contribution in [0.25, 0.3) is 0 Å². The Morgan fingerprint density at radius 1 is 1.29 bits per heavy atom. The summed E-state index contributed by atoms with van der Waals surface area (Å²) in [7, 11) is 0. The molecule has 0 radical (unpaired) electrons. The van der Waals surface area contributed by atoms with Gasteiger partial charge in [-0.3, -0.25) is 0 Å². The van der Waals surface area contributed by atoms with Gasteiger partial charge in [-0.25, -0.2) is 4.79 Å². The molecule has 2 aromatic carbocycles. The summed E-state index contributed by atoms with van der Waals surface area (Å²) in [4.78, 5) is 11.4. The molecule has 0 saturated heterocycles. The number of fused-ring (bicyclic) bond motifs is 1. The highest BCUT2D eigenvalue weighted by atomic mass is 35.5. The zero-order valence-electron chi connectivity index (χ0n) is 17.4. The first-order chi connectivity index (χ1) is 14.4. The molecule has 1 aliphatic heterocycles. The van der Waals surface area contributed by atoms with Crippen molar-refractivity contribution in [2.24, 2.45) is 0 Å².